The predicted molar refractivity (Wildman–Crippen MR) is 83.3 cm³/mol. The Morgan fingerprint density at radius 2 is 1.95 bits per heavy atom. The van der Waals surface area contributed by atoms with Crippen LogP contribution in [-0.4, -0.2) is 17.2 Å². The minimum absolute atomic E-state index is 0.114. The zero-order valence-corrected chi connectivity index (χ0v) is 12.5. The molecule has 1 aliphatic carbocycles. The number of amides is 1. The number of hydrogen-bond acceptors (Lipinski definition) is 3. The van der Waals surface area contributed by atoms with Gasteiger partial charge in [-0.1, -0.05) is 23.8 Å². The molecule has 0 radical (unpaired) electrons. The molecule has 2 aromatic carbocycles. The molecule has 0 fully saturated rings. The molecule has 1 aliphatic rings. The maximum absolute atomic E-state index is 11.5. The molecule has 2 aromatic rings. The van der Waals surface area contributed by atoms with Gasteiger partial charge >= 0.3 is 0 Å². The SMILES string of the molecule is Cc1ccc(OC2CCc3ccc(C(=O)NO)cc3C2)cc1. The second-order valence-corrected chi connectivity index (χ2v) is 5.72. The quantitative estimate of drug-likeness (QED) is 0.676. The van der Waals surface area contributed by atoms with Gasteiger partial charge in [-0.2, -0.15) is 0 Å². The number of ether oxygens (including phenoxy) is 1. The van der Waals surface area contributed by atoms with Gasteiger partial charge in [0.1, 0.15) is 11.9 Å². The first-order valence-electron chi connectivity index (χ1n) is 7.45. The van der Waals surface area contributed by atoms with Gasteiger partial charge in [-0.25, -0.2) is 5.48 Å². The van der Waals surface area contributed by atoms with Gasteiger partial charge in [0.2, 0.25) is 0 Å². The normalized spacial score (nSPS) is 16.7. The number of carbonyl (C=O) groups is 1. The molecule has 1 unspecified atom stereocenters. The fourth-order valence-corrected chi connectivity index (χ4v) is 2.84. The molecule has 3 rings (SSSR count). The highest BCUT2D eigenvalue weighted by Crippen LogP contribution is 2.26. The van der Waals surface area contributed by atoms with E-state index in [1.165, 1.54) is 11.1 Å². The molecule has 0 saturated carbocycles. The van der Waals surface area contributed by atoms with Crippen LogP contribution in [0, 0.1) is 6.92 Å². The fourth-order valence-electron chi connectivity index (χ4n) is 2.84. The molecule has 1 atom stereocenters. The van der Waals surface area contributed by atoms with Crippen LogP contribution in [0.1, 0.15) is 33.5 Å². The van der Waals surface area contributed by atoms with Gasteiger partial charge < -0.3 is 4.74 Å². The minimum Gasteiger partial charge on any atom is -0.490 e. The Labute approximate surface area is 129 Å². The molecule has 4 heteroatoms. The molecule has 2 N–H and O–H groups in total. The number of benzene rings is 2. The van der Waals surface area contributed by atoms with Gasteiger partial charge in [-0.05, 0) is 55.2 Å². The van der Waals surface area contributed by atoms with Crippen LogP contribution >= 0.6 is 0 Å². The monoisotopic (exact) mass is 297 g/mol. The molecule has 0 heterocycles. The Balaban J connectivity index is 1.74. The summed E-state index contributed by atoms with van der Waals surface area (Å²) in [5.74, 6) is 0.396. The topological polar surface area (TPSA) is 58.6 Å². The Hall–Kier alpha value is -2.33. The van der Waals surface area contributed by atoms with Gasteiger partial charge in [-0.15, -0.1) is 0 Å². The fraction of sp³-hybridized carbons (Fsp3) is 0.278. The largest absolute Gasteiger partial charge is 0.490 e. The minimum atomic E-state index is -0.482. The number of hydroxylamine groups is 1. The molecule has 1 amide bonds. The smallest absolute Gasteiger partial charge is 0.274 e. The van der Waals surface area contributed by atoms with E-state index in [2.05, 4.69) is 0 Å². The second kappa shape index (κ2) is 6.20. The van der Waals surface area contributed by atoms with E-state index in [0.717, 1.165) is 30.6 Å². The Kier molecular flexibility index (Phi) is 4.11. The lowest BCUT2D eigenvalue weighted by molar-refractivity contribution is 0.0706. The van der Waals surface area contributed by atoms with Gasteiger partial charge in [-0.3, -0.25) is 10.0 Å². The average molecular weight is 297 g/mol. The van der Waals surface area contributed by atoms with Crippen molar-refractivity contribution in [3.8, 4) is 5.75 Å². The lowest BCUT2D eigenvalue weighted by atomic mass is 9.88. The highest BCUT2D eigenvalue weighted by atomic mass is 16.5. The molecule has 0 aromatic heterocycles. The van der Waals surface area contributed by atoms with Crippen molar-refractivity contribution in [3.05, 3.63) is 64.7 Å². The average Bonchev–Trinajstić information content (AvgIpc) is 2.55. The number of aryl methyl sites for hydroxylation is 2. The van der Waals surface area contributed by atoms with Crippen molar-refractivity contribution in [2.24, 2.45) is 0 Å². The van der Waals surface area contributed by atoms with Crippen molar-refractivity contribution in [2.75, 3.05) is 0 Å². The van der Waals surface area contributed by atoms with Crippen molar-refractivity contribution in [1.82, 2.24) is 5.48 Å². The van der Waals surface area contributed by atoms with Gasteiger partial charge in [0, 0.05) is 12.0 Å². The highest BCUT2D eigenvalue weighted by molar-refractivity contribution is 5.93. The third-order valence-corrected chi connectivity index (χ3v) is 4.08. The molecule has 114 valence electrons. The Bertz CT molecular complexity index is 679. The number of rotatable bonds is 3. The van der Waals surface area contributed by atoms with E-state index in [-0.39, 0.29) is 6.10 Å². The van der Waals surface area contributed by atoms with Crippen LogP contribution in [0.4, 0.5) is 0 Å². The number of fused-ring (bicyclic) bond motifs is 1. The van der Waals surface area contributed by atoms with Crippen LogP contribution in [-0.2, 0) is 12.8 Å². The van der Waals surface area contributed by atoms with E-state index in [9.17, 15) is 4.79 Å². The van der Waals surface area contributed by atoms with Crippen molar-refractivity contribution < 1.29 is 14.7 Å². The van der Waals surface area contributed by atoms with Crippen LogP contribution in [0.2, 0.25) is 0 Å². The molecule has 4 nitrogen and oxygen atoms in total. The van der Waals surface area contributed by atoms with Gasteiger partial charge in [0.25, 0.3) is 5.91 Å². The summed E-state index contributed by atoms with van der Waals surface area (Å²) in [5, 5.41) is 8.74. The predicted octanol–water partition coefficient (Wildman–Crippen LogP) is 3.05. The first-order chi connectivity index (χ1) is 10.7. The lowest BCUT2D eigenvalue weighted by Crippen LogP contribution is -2.26. The number of nitrogens with one attached hydrogen (secondary N) is 1. The van der Waals surface area contributed by atoms with Crippen LogP contribution in [0.15, 0.2) is 42.5 Å². The molecular weight excluding hydrogens is 278 g/mol. The first kappa shape index (κ1) is 14.6. The van der Waals surface area contributed by atoms with E-state index < -0.39 is 5.91 Å². The summed E-state index contributed by atoms with van der Waals surface area (Å²) >= 11 is 0. The van der Waals surface area contributed by atoms with Crippen LogP contribution in [0.5, 0.6) is 5.75 Å². The maximum Gasteiger partial charge on any atom is 0.274 e. The summed E-state index contributed by atoms with van der Waals surface area (Å²) in [4.78, 5) is 11.5. The van der Waals surface area contributed by atoms with E-state index in [4.69, 9.17) is 9.94 Å². The molecular formula is C18H19NO3. The van der Waals surface area contributed by atoms with Crippen LogP contribution in [0.25, 0.3) is 0 Å². The van der Waals surface area contributed by atoms with Crippen LogP contribution in [0.3, 0.4) is 0 Å². The van der Waals surface area contributed by atoms with E-state index in [0.29, 0.717) is 5.56 Å². The number of carbonyl (C=O) groups excluding carboxylic acids is 1. The second-order valence-electron chi connectivity index (χ2n) is 5.72. The van der Waals surface area contributed by atoms with Gasteiger partial charge in [0.05, 0.1) is 0 Å². The summed E-state index contributed by atoms with van der Waals surface area (Å²) in [7, 11) is 0. The Morgan fingerprint density at radius 3 is 2.68 bits per heavy atom. The molecule has 0 aliphatic heterocycles. The molecule has 22 heavy (non-hydrogen) atoms. The van der Waals surface area contributed by atoms with Crippen LogP contribution < -0.4 is 10.2 Å². The first-order valence-corrected chi connectivity index (χ1v) is 7.45. The summed E-state index contributed by atoms with van der Waals surface area (Å²) in [6.07, 6.45) is 2.79. The van der Waals surface area contributed by atoms with Crippen molar-refractivity contribution in [3.63, 3.8) is 0 Å². The number of hydrogen-bond donors (Lipinski definition) is 2. The van der Waals surface area contributed by atoms with Crippen molar-refractivity contribution >= 4 is 5.91 Å². The maximum atomic E-state index is 11.5. The highest BCUT2D eigenvalue weighted by Gasteiger charge is 2.21. The molecule has 0 bridgehead atoms. The standard InChI is InChI=1S/C18H19NO3/c1-12-2-7-16(8-3-12)22-17-9-6-13-4-5-14(18(20)19-21)10-15(13)11-17/h2-5,7-8,10,17,21H,6,9,11H2,1H3,(H,19,20). The van der Waals surface area contributed by atoms with E-state index in [1.54, 1.807) is 11.5 Å². The lowest BCUT2D eigenvalue weighted by Gasteiger charge is -2.26. The third kappa shape index (κ3) is 3.12. The zero-order chi connectivity index (χ0) is 15.5. The summed E-state index contributed by atoms with van der Waals surface area (Å²) in [5.41, 5.74) is 5.72. The zero-order valence-electron chi connectivity index (χ0n) is 12.5. The van der Waals surface area contributed by atoms with E-state index in [1.807, 2.05) is 43.3 Å². The Morgan fingerprint density at radius 1 is 1.18 bits per heavy atom. The van der Waals surface area contributed by atoms with Crippen molar-refractivity contribution in [1.29, 1.82) is 0 Å². The third-order valence-electron chi connectivity index (χ3n) is 4.08. The summed E-state index contributed by atoms with van der Waals surface area (Å²) in [6, 6.07) is 13.6. The van der Waals surface area contributed by atoms with Crippen molar-refractivity contribution in [2.45, 2.75) is 32.3 Å². The summed E-state index contributed by atoms with van der Waals surface area (Å²) in [6.45, 7) is 2.05. The van der Waals surface area contributed by atoms with E-state index >= 15 is 0 Å². The summed E-state index contributed by atoms with van der Waals surface area (Å²) < 4.78 is 6.04. The van der Waals surface area contributed by atoms with Gasteiger partial charge in [0.15, 0.2) is 0 Å². The molecule has 0 spiro atoms. The molecule has 0 saturated heterocycles.